The molecular formula is C25H33NO4S. The van der Waals surface area contributed by atoms with E-state index < -0.39 is 0 Å². The minimum Gasteiger partial charge on any atom is -0.508 e. The molecule has 5 nitrogen and oxygen atoms in total. The lowest BCUT2D eigenvalue weighted by molar-refractivity contribution is 0.133. The van der Waals surface area contributed by atoms with Crippen molar-refractivity contribution in [1.29, 1.82) is 0 Å². The van der Waals surface area contributed by atoms with Gasteiger partial charge in [-0.2, -0.15) is 0 Å². The summed E-state index contributed by atoms with van der Waals surface area (Å²) in [5.41, 5.74) is 3.40. The second kappa shape index (κ2) is 12.8. The van der Waals surface area contributed by atoms with E-state index in [-0.39, 0.29) is 19.0 Å². The molecule has 0 aliphatic heterocycles. The van der Waals surface area contributed by atoms with Crippen LogP contribution in [0.1, 0.15) is 47.9 Å². The molecule has 0 amide bonds. The van der Waals surface area contributed by atoms with Crippen LogP contribution in [0, 0.1) is 0 Å². The molecule has 31 heavy (non-hydrogen) atoms. The van der Waals surface area contributed by atoms with Gasteiger partial charge >= 0.3 is 0 Å². The molecule has 3 aromatic rings. The Morgan fingerprint density at radius 2 is 1.68 bits per heavy atom. The molecule has 1 heterocycles. The van der Waals surface area contributed by atoms with Crippen LogP contribution >= 0.6 is 11.3 Å². The number of fused-ring (bicyclic) bond motifs is 1. The summed E-state index contributed by atoms with van der Waals surface area (Å²) in [4.78, 5) is 0. The van der Waals surface area contributed by atoms with Crippen molar-refractivity contribution in [3.63, 3.8) is 0 Å². The van der Waals surface area contributed by atoms with Crippen molar-refractivity contribution >= 4 is 21.4 Å². The molecule has 168 valence electrons. The zero-order chi connectivity index (χ0) is 21.9. The molecule has 0 aliphatic carbocycles. The van der Waals surface area contributed by atoms with Crippen LogP contribution in [0.2, 0.25) is 0 Å². The zero-order valence-electron chi connectivity index (χ0n) is 18.0. The number of benzene rings is 2. The van der Waals surface area contributed by atoms with Gasteiger partial charge in [0.25, 0.3) is 0 Å². The van der Waals surface area contributed by atoms with Gasteiger partial charge in [0, 0.05) is 23.4 Å². The zero-order valence-corrected chi connectivity index (χ0v) is 18.8. The van der Waals surface area contributed by atoms with Crippen molar-refractivity contribution in [2.45, 2.75) is 51.9 Å². The predicted molar refractivity (Wildman–Crippen MR) is 126 cm³/mol. The average Bonchev–Trinajstić information content (AvgIpc) is 3.20. The lowest BCUT2D eigenvalue weighted by Gasteiger charge is -2.14. The third-order valence-electron chi connectivity index (χ3n) is 5.60. The molecule has 0 spiro atoms. The minimum absolute atomic E-state index is 0.0729. The summed E-state index contributed by atoms with van der Waals surface area (Å²) in [6, 6.07) is 11.7. The number of ether oxygens (including phenoxy) is 1. The van der Waals surface area contributed by atoms with Crippen LogP contribution in [0.4, 0.5) is 0 Å². The highest BCUT2D eigenvalue weighted by atomic mass is 32.1. The molecule has 0 unspecified atom stereocenters. The average molecular weight is 444 g/mol. The highest BCUT2D eigenvalue weighted by Crippen LogP contribution is 2.26. The van der Waals surface area contributed by atoms with Gasteiger partial charge in [-0.25, -0.2) is 0 Å². The fourth-order valence-electron chi connectivity index (χ4n) is 3.81. The number of hydrogen-bond acceptors (Lipinski definition) is 6. The quantitative estimate of drug-likeness (QED) is 0.276. The predicted octanol–water partition coefficient (Wildman–Crippen LogP) is 4.50. The molecule has 2 aromatic carbocycles. The first-order valence-electron chi connectivity index (χ1n) is 11.0. The van der Waals surface area contributed by atoms with Gasteiger partial charge < -0.3 is 25.4 Å². The second-order valence-electron chi connectivity index (χ2n) is 7.73. The Hall–Kier alpha value is -1.96. The van der Waals surface area contributed by atoms with E-state index in [4.69, 9.17) is 4.74 Å². The highest BCUT2D eigenvalue weighted by molar-refractivity contribution is 7.17. The fourth-order valence-corrected chi connectivity index (χ4v) is 4.80. The van der Waals surface area contributed by atoms with E-state index >= 15 is 0 Å². The summed E-state index contributed by atoms with van der Waals surface area (Å²) in [5.74, 6) is 0.0729. The first-order valence-corrected chi connectivity index (χ1v) is 11.9. The molecule has 0 radical (unpaired) electrons. The summed E-state index contributed by atoms with van der Waals surface area (Å²) in [6.07, 6.45) is 5.36. The van der Waals surface area contributed by atoms with Gasteiger partial charge in [0.05, 0.1) is 19.8 Å². The van der Waals surface area contributed by atoms with Crippen LogP contribution in [0.15, 0.2) is 41.8 Å². The lowest BCUT2D eigenvalue weighted by Crippen LogP contribution is -2.17. The number of hydrogen-bond donors (Lipinski definition) is 4. The minimum atomic E-state index is -0.237. The van der Waals surface area contributed by atoms with Gasteiger partial charge in [0.1, 0.15) is 5.75 Å². The lowest BCUT2D eigenvalue weighted by atomic mass is 10.0. The van der Waals surface area contributed by atoms with Crippen molar-refractivity contribution in [3.05, 3.63) is 64.0 Å². The van der Waals surface area contributed by atoms with Gasteiger partial charge in [0.2, 0.25) is 0 Å². The SMILES string of the molecule is OCc1ccc(O)c(CO)c1CNCCCCCCOCCc1csc2ccccc12. The number of aromatic hydroxyl groups is 1. The van der Waals surface area contributed by atoms with Gasteiger partial charge in [-0.3, -0.25) is 0 Å². The Labute approximate surface area is 188 Å². The van der Waals surface area contributed by atoms with Crippen LogP contribution in [0.3, 0.4) is 0 Å². The maximum Gasteiger partial charge on any atom is 0.121 e. The number of rotatable bonds is 14. The van der Waals surface area contributed by atoms with Crippen molar-refractivity contribution in [3.8, 4) is 5.75 Å². The Kier molecular flexibility index (Phi) is 9.78. The van der Waals surface area contributed by atoms with E-state index in [1.807, 2.05) is 0 Å². The van der Waals surface area contributed by atoms with Crippen molar-refractivity contribution in [2.24, 2.45) is 0 Å². The third-order valence-corrected chi connectivity index (χ3v) is 6.62. The Bertz CT molecular complexity index is 940. The molecule has 6 heteroatoms. The van der Waals surface area contributed by atoms with E-state index in [0.29, 0.717) is 12.1 Å². The van der Waals surface area contributed by atoms with Gasteiger partial charge in [-0.05, 0) is 65.4 Å². The summed E-state index contributed by atoms with van der Waals surface area (Å²) in [5, 5.41) is 35.8. The standard InChI is InChI=1S/C25H33NO4S/c27-16-19-9-10-24(29)23(17-28)22(19)15-26-12-5-1-2-6-13-30-14-11-20-18-31-25-8-4-3-7-21(20)25/h3-4,7-10,18,26-29H,1-2,5-6,11-17H2. The largest absolute Gasteiger partial charge is 0.508 e. The van der Waals surface area contributed by atoms with Crippen LogP contribution in [-0.4, -0.2) is 35.1 Å². The molecular weight excluding hydrogens is 410 g/mol. The summed E-state index contributed by atoms with van der Waals surface area (Å²) in [7, 11) is 0. The first kappa shape index (κ1) is 23.7. The normalized spacial score (nSPS) is 11.4. The van der Waals surface area contributed by atoms with Gasteiger partial charge in [-0.15, -0.1) is 11.3 Å². The topological polar surface area (TPSA) is 82.0 Å². The van der Waals surface area contributed by atoms with Crippen molar-refractivity contribution < 1.29 is 20.1 Å². The summed E-state index contributed by atoms with van der Waals surface area (Å²) >= 11 is 1.80. The molecule has 3 rings (SSSR count). The Balaban J connectivity index is 1.24. The highest BCUT2D eigenvalue weighted by Gasteiger charge is 2.11. The number of phenols is 1. The molecule has 0 fully saturated rings. The summed E-state index contributed by atoms with van der Waals surface area (Å²) < 4.78 is 7.16. The molecule has 0 aliphatic rings. The Morgan fingerprint density at radius 3 is 2.52 bits per heavy atom. The van der Waals surface area contributed by atoms with Gasteiger partial charge in [0.15, 0.2) is 0 Å². The van der Waals surface area contributed by atoms with E-state index in [1.54, 1.807) is 17.4 Å². The maximum atomic E-state index is 9.89. The van der Waals surface area contributed by atoms with E-state index in [9.17, 15) is 15.3 Å². The molecule has 4 N–H and O–H groups in total. The van der Waals surface area contributed by atoms with Crippen molar-refractivity contribution in [2.75, 3.05) is 19.8 Å². The molecule has 0 saturated heterocycles. The van der Waals surface area contributed by atoms with E-state index in [0.717, 1.165) is 63.0 Å². The molecule has 0 bridgehead atoms. The Morgan fingerprint density at radius 1 is 0.839 bits per heavy atom. The van der Waals surface area contributed by atoms with Crippen LogP contribution in [0.5, 0.6) is 5.75 Å². The number of aliphatic hydroxyl groups is 2. The van der Waals surface area contributed by atoms with Crippen LogP contribution in [-0.2, 0) is 30.9 Å². The van der Waals surface area contributed by atoms with Crippen LogP contribution in [0.25, 0.3) is 10.1 Å². The van der Waals surface area contributed by atoms with Gasteiger partial charge in [-0.1, -0.05) is 37.1 Å². The van der Waals surface area contributed by atoms with E-state index in [1.165, 1.54) is 21.7 Å². The molecule has 0 saturated carbocycles. The summed E-state index contributed by atoms with van der Waals surface area (Å²) in [6.45, 7) is 2.62. The smallest absolute Gasteiger partial charge is 0.121 e. The van der Waals surface area contributed by atoms with Crippen LogP contribution < -0.4 is 5.32 Å². The maximum absolute atomic E-state index is 9.89. The number of thiophene rings is 1. The monoisotopic (exact) mass is 443 g/mol. The van der Waals surface area contributed by atoms with E-state index in [2.05, 4.69) is 35.0 Å². The second-order valence-corrected chi connectivity index (χ2v) is 8.64. The number of unbranched alkanes of at least 4 members (excludes halogenated alkanes) is 3. The number of nitrogens with one attached hydrogen (secondary N) is 1. The molecule has 0 atom stereocenters. The number of aliphatic hydroxyl groups excluding tert-OH is 2. The third kappa shape index (κ3) is 6.76. The molecule has 1 aromatic heterocycles. The fraction of sp³-hybridized carbons (Fsp3) is 0.440. The first-order chi connectivity index (χ1) is 15.2. The van der Waals surface area contributed by atoms with Crippen molar-refractivity contribution in [1.82, 2.24) is 5.32 Å².